The van der Waals surface area contributed by atoms with E-state index in [0.717, 1.165) is 27.8 Å². The number of fused-ring (bicyclic) bond motifs is 1. The van der Waals surface area contributed by atoms with E-state index in [1.54, 1.807) is 30.3 Å². The van der Waals surface area contributed by atoms with Crippen LogP contribution in [0.25, 0.3) is 16.0 Å². The van der Waals surface area contributed by atoms with E-state index in [2.05, 4.69) is 0 Å². The molecule has 5 rings (SSSR count). The van der Waals surface area contributed by atoms with Crippen LogP contribution in [0.1, 0.15) is 41.6 Å². The minimum atomic E-state index is -0.895. The van der Waals surface area contributed by atoms with E-state index in [1.807, 2.05) is 51.1 Å². The molecule has 1 amide bonds. The summed E-state index contributed by atoms with van der Waals surface area (Å²) < 4.78 is 12.1. The summed E-state index contributed by atoms with van der Waals surface area (Å²) in [5.41, 5.74) is 3.85. The molecule has 7 nitrogen and oxygen atoms in total. The highest BCUT2D eigenvalue weighted by atomic mass is 32.1. The highest BCUT2D eigenvalue weighted by Gasteiger charge is 2.48. The van der Waals surface area contributed by atoms with Gasteiger partial charge in [-0.05, 0) is 67.3 Å². The van der Waals surface area contributed by atoms with Crippen LogP contribution in [0.4, 0.5) is 5.13 Å². The fraction of sp³-hybridized carbons (Fsp3) is 0.233. The summed E-state index contributed by atoms with van der Waals surface area (Å²) in [5, 5.41) is 11.8. The standard InChI is InChI=1S/C30H28N2O5S/c1-5-12-37-22-11-6-8-19(15-22)26-24(27(33)20-9-7-10-21(16-20)36-4)28(34)29(35)32(26)30-31-25-18(3)13-17(2)14-23(25)38-30/h6-11,13-16,26,33H,5,12H2,1-4H3/t26-/m1/s1. The number of hydrogen-bond donors (Lipinski definition) is 1. The van der Waals surface area contributed by atoms with Gasteiger partial charge >= 0.3 is 5.91 Å². The number of anilines is 1. The van der Waals surface area contributed by atoms with E-state index < -0.39 is 17.7 Å². The molecular weight excluding hydrogens is 500 g/mol. The number of benzene rings is 3. The van der Waals surface area contributed by atoms with Gasteiger partial charge in [-0.25, -0.2) is 4.98 Å². The molecule has 1 aromatic heterocycles. The molecule has 0 aliphatic carbocycles. The lowest BCUT2D eigenvalue weighted by Gasteiger charge is -2.23. The van der Waals surface area contributed by atoms with Crippen LogP contribution < -0.4 is 14.4 Å². The maximum Gasteiger partial charge on any atom is 0.301 e. The summed E-state index contributed by atoms with van der Waals surface area (Å²) in [6, 6.07) is 17.2. The summed E-state index contributed by atoms with van der Waals surface area (Å²) in [4.78, 5) is 33.3. The monoisotopic (exact) mass is 528 g/mol. The van der Waals surface area contributed by atoms with Crippen LogP contribution in [0.3, 0.4) is 0 Å². The first-order valence-corrected chi connectivity index (χ1v) is 13.2. The fourth-order valence-corrected chi connectivity index (χ4v) is 5.90. The molecule has 0 unspecified atom stereocenters. The number of ether oxygens (including phenoxy) is 2. The van der Waals surface area contributed by atoms with Crippen molar-refractivity contribution >= 4 is 44.1 Å². The third kappa shape index (κ3) is 4.52. The van der Waals surface area contributed by atoms with Crippen LogP contribution in [0.2, 0.25) is 0 Å². The number of aliphatic hydroxyl groups is 1. The van der Waals surface area contributed by atoms with Gasteiger partial charge in [-0.3, -0.25) is 14.5 Å². The molecular formula is C30H28N2O5S. The first-order valence-electron chi connectivity index (χ1n) is 12.4. The zero-order chi connectivity index (χ0) is 27.0. The maximum absolute atomic E-state index is 13.6. The summed E-state index contributed by atoms with van der Waals surface area (Å²) in [5.74, 6) is -0.656. The molecule has 2 heterocycles. The predicted octanol–water partition coefficient (Wildman–Crippen LogP) is 6.34. The number of carbonyl (C=O) groups excluding carboxylic acids is 2. The van der Waals surface area contributed by atoms with Crippen LogP contribution >= 0.6 is 11.3 Å². The largest absolute Gasteiger partial charge is 0.507 e. The number of Topliss-reactive ketones (excluding diaryl/α,β-unsaturated/α-hetero) is 1. The number of thiazole rings is 1. The number of aromatic nitrogens is 1. The molecule has 1 N–H and O–H groups in total. The zero-order valence-corrected chi connectivity index (χ0v) is 22.5. The van der Waals surface area contributed by atoms with Gasteiger partial charge < -0.3 is 14.6 Å². The minimum Gasteiger partial charge on any atom is -0.507 e. The van der Waals surface area contributed by atoms with Gasteiger partial charge in [0.25, 0.3) is 5.78 Å². The molecule has 0 spiro atoms. The van der Waals surface area contributed by atoms with Crippen molar-refractivity contribution in [2.24, 2.45) is 0 Å². The summed E-state index contributed by atoms with van der Waals surface area (Å²) >= 11 is 1.35. The average Bonchev–Trinajstić information content (AvgIpc) is 3.45. The maximum atomic E-state index is 13.6. The predicted molar refractivity (Wildman–Crippen MR) is 149 cm³/mol. The SMILES string of the molecule is CCCOc1cccc([C@@H]2C(=C(O)c3cccc(OC)c3)C(=O)C(=O)N2c2nc3c(C)cc(C)cc3s2)c1. The van der Waals surface area contributed by atoms with Gasteiger partial charge in [-0.15, -0.1) is 0 Å². The van der Waals surface area contributed by atoms with Gasteiger partial charge in [0.05, 0.1) is 35.5 Å². The molecule has 1 aliphatic heterocycles. The van der Waals surface area contributed by atoms with Crippen LogP contribution in [-0.4, -0.2) is 35.5 Å². The molecule has 194 valence electrons. The number of nitrogens with zero attached hydrogens (tertiary/aromatic N) is 2. The van der Waals surface area contributed by atoms with Crippen molar-refractivity contribution in [3.05, 3.63) is 88.5 Å². The highest BCUT2D eigenvalue weighted by molar-refractivity contribution is 7.22. The Labute approximate surface area is 225 Å². The van der Waals surface area contributed by atoms with E-state index in [1.165, 1.54) is 23.3 Å². The summed E-state index contributed by atoms with van der Waals surface area (Å²) in [6.07, 6.45) is 0.836. The Morgan fingerprint density at radius 3 is 2.58 bits per heavy atom. The first-order chi connectivity index (χ1) is 18.3. The smallest absolute Gasteiger partial charge is 0.301 e. The van der Waals surface area contributed by atoms with Gasteiger partial charge in [0, 0.05) is 5.56 Å². The molecule has 1 fully saturated rings. The minimum absolute atomic E-state index is 0.0111. The molecule has 0 saturated carbocycles. The van der Waals surface area contributed by atoms with E-state index in [4.69, 9.17) is 14.5 Å². The number of hydrogen-bond acceptors (Lipinski definition) is 7. The normalized spacial score (nSPS) is 16.8. The molecule has 4 aromatic rings. The van der Waals surface area contributed by atoms with E-state index in [0.29, 0.717) is 34.4 Å². The lowest BCUT2D eigenvalue weighted by Crippen LogP contribution is -2.29. The van der Waals surface area contributed by atoms with Crippen molar-refractivity contribution in [2.75, 3.05) is 18.6 Å². The molecule has 1 aliphatic rings. The van der Waals surface area contributed by atoms with Crippen molar-refractivity contribution in [1.29, 1.82) is 0 Å². The number of rotatable bonds is 7. The van der Waals surface area contributed by atoms with Crippen molar-refractivity contribution in [2.45, 2.75) is 33.2 Å². The number of amides is 1. The molecule has 0 radical (unpaired) electrons. The van der Waals surface area contributed by atoms with Gasteiger partial charge in [-0.1, -0.05) is 48.6 Å². The molecule has 38 heavy (non-hydrogen) atoms. The van der Waals surface area contributed by atoms with Crippen LogP contribution in [0.5, 0.6) is 11.5 Å². The van der Waals surface area contributed by atoms with E-state index in [-0.39, 0.29) is 11.3 Å². The Morgan fingerprint density at radius 2 is 1.82 bits per heavy atom. The van der Waals surface area contributed by atoms with Gasteiger partial charge in [0.1, 0.15) is 17.3 Å². The molecule has 0 bridgehead atoms. The molecule has 8 heteroatoms. The topological polar surface area (TPSA) is 89.0 Å². The molecule has 3 aromatic carbocycles. The van der Waals surface area contributed by atoms with Crippen molar-refractivity contribution < 1.29 is 24.2 Å². The zero-order valence-electron chi connectivity index (χ0n) is 21.6. The van der Waals surface area contributed by atoms with Crippen LogP contribution in [0.15, 0.2) is 66.2 Å². The molecule has 1 saturated heterocycles. The van der Waals surface area contributed by atoms with Crippen molar-refractivity contribution in [1.82, 2.24) is 4.98 Å². The quantitative estimate of drug-likeness (QED) is 0.171. The summed E-state index contributed by atoms with van der Waals surface area (Å²) in [6.45, 7) is 6.53. The van der Waals surface area contributed by atoms with Crippen LogP contribution in [0, 0.1) is 13.8 Å². The number of aliphatic hydroxyl groups excluding tert-OH is 1. The van der Waals surface area contributed by atoms with Crippen molar-refractivity contribution in [3.63, 3.8) is 0 Å². The Kier molecular flexibility index (Phi) is 6.91. The third-order valence-corrected chi connectivity index (χ3v) is 7.46. The lowest BCUT2D eigenvalue weighted by atomic mass is 9.95. The van der Waals surface area contributed by atoms with E-state index >= 15 is 0 Å². The van der Waals surface area contributed by atoms with E-state index in [9.17, 15) is 14.7 Å². The third-order valence-electron chi connectivity index (χ3n) is 6.46. The summed E-state index contributed by atoms with van der Waals surface area (Å²) in [7, 11) is 1.52. The Morgan fingerprint density at radius 1 is 1.05 bits per heavy atom. The Bertz CT molecular complexity index is 1590. The lowest BCUT2D eigenvalue weighted by molar-refractivity contribution is -0.132. The Hall–Kier alpha value is -4.17. The van der Waals surface area contributed by atoms with Crippen molar-refractivity contribution in [3.8, 4) is 11.5 Å². The van der Waals surface area contributed by atoms with Gasteiger partial charge in [0.2, 0.25) is 0 Å². The Balaban J connectivity index is 1.72. The fourth-order valence-electron chi connectivity index (χ4n) is 4.73. The molecule has 1 atom stereocenters. The average molecular weight is 529 g/mol. The van der Waals surface area contributed by atoms with Crippen LogP contribution in [-0.2, 0) is 9.59 Å². The number of carbonyl (C=O) groups is 2. The second-order valence-corrected chi connectivity index (χ2v) is 10.3. The first kappa shape index (κ1) is 25.5. The second kappa shape index (κ2) is 10.3. The second-order valence-electron chi connectivity index (χ2n) is 9.25. The number of methoxy groups -OCH3 is 1. The highest BCUT2D eigenvalue weighted by Crippen LogP contribution is 2.45. The number of ketones is 1. The number of aryl methyl sites for hydroxylation is 2. The van der Waals surface area contributed by atoms with Gasteiger partial charge in [0.15, 0.2) is 5.13 Å². The van der Waals surface area contributed by atoms with Gasteiger partial charge in [-0.2, -0.15) is 0 Å².